The molecule has 0 spiro atoms. The Bertz CT molecular complexity index is 509. The van der Waals surface area contributed by atoms with Crippen molar-refractivity contribution in [2.45, 2.75) is 25.3 Å². The van der Waals surface area contributed by atoms with Gasteiger partial charge in [0.25, 0.3) is 5.69 Å². The van der Waals surface area contributed by atoms with Crippen LogP contribution in [0.5, 0.6) is 0 Å². The predicted molar refractivity (Wildman–Crippen MR) is 71.4 cm³/mol. The Morgan fingerprint density at radius 2 is 2.28 bits per heavy atom. The number of rotatable bonds is 5. The number of hydrogen-bond donors (Lipinski definition) is 0. The van der Waals surface area contributed by atoms with E-state index in [2.05, 4.69) is 22.0 Å². The summed E-state index contributed by atoms with van der Waals surface area (Å²) in [6.45, 7) is 0.540. The highest BCUT2D eigenvalue weighted by atomic mass is 79.9. The van der Waals surface area contributed by atoms with Crippen LogP contribution < -0.4 is 4.90 Å². The third-order valence-corrected chi connectivity index (χ3v) is 3.39. The SMILES string of the molecule is N#CCCN(c1cc(Br)ccc1[N+](=O)[O-])C1CC1. The molecule has 5 nitrogen and oxygen atoms in total. The van der Waals surface area contributed by atoms with Crippen molar-refractivity contribution >= 4 is 27.3 Å². The number of nitriles is 1. The van der Waals surface area contributed by atoms with Crippen LogP contribution in [0.15, 0.2) is 22.7 Å². The molecule has 0 saturated heterocycles. The van der Waals surface area contributed by atoms with Crippen LogP contribution in [0.25, 0.3) is 0 Å². The number of nitro benzene ring substituents is 1. The molecule has 0 N–H and O–H groups in total. The number of benzene rings is 1. The van der Waals surface area contributed by atoms with Crippen LogP contribution in [0.4, 0.5) is 11.4 Å². The van der Waals surface area contributed by atoms with Gasteiger partial charge in [-0.05, 0) is 25.0 Å². The fourth-order valence-corrected chi connectivity index (χ4v) is 2.29. The maximum atomic E-state index is 11.1. The molecule has 0 aromatic heterocycles. The second-order valence-corrected chi connectivity index (χ2v) is 5.14. The summed E-state index contributed by atoms with van der Waals surface area (Å²) >= 11 is 3.34. The van der Waals surface area contributed by atoms with Crippen LogP contribution in [-0.4, -0.2) is 17.5 Å². The lowest BCUT2D eigenvalue weighted by Crippen LogP contribution is -2.27. The second-order valence-electron chi connectivity index (χ2n) is 4.22. The number of nitrogens with zero attached hydrogens (tertiary/aromatic N) is 3. The van der Waals surface area contributed by atoms with Gasteiger partial charge in [-0.25, -0.2) is 0 Å². The molecule has 0 radical (unpaired) electrons. The van der Waals surface area contributed by atoms with E-state index in [0.29, 0.717) is 24.7 Å². The minimum Gasteiger partial charge on any atom is -0.362 e. The van der Waals surface area contributed by atoms with Gasteiger partial charge in [0.2, 0.25) is 0 Å². The van der Waals surface area contributed by atoms with Gasteiger partial charge in [0, 0.05) is 23.1 Å². The number of hydrogen-bond acceptors (Lipinski definition) is 4. The zero-order valence-electron chi connectivity index (χ0n) is 9.67. The van der Waals surface area contributed by atoms with Crippen LogP contribution in [0, 0.1) is 21.4 Å². The van der Waals surface area contributed by atoms with Crippen molar-refractivity contribution in [1.29, 1.82) is 5.26 Å². The Morgan fingerprint density at radius 3 is 2.83 bits per heavy atom. The van der Waals surface area contributed by atoms with Gasteiger partial charge in [-0.1, -0.05) is 15.9 Å². The molecular weight excluding hydrogens is 298 g/mol. The van der Waals surface area contributed by atoms with Gasteiger partial charge < -0.3 is 4.90 Å². The summed E-state index contributed by atoms with van der Waals surface area (Å²) in [4.78, 5) is 12.7. The second kappa shape index (κ2) is 5.36. The minimum atomic E-state index is -0.372. The number of nitro groups is 1. The molecule has 1 fully saturated rings. The molecule has 0 aliphatic heterocycles. The standard InChI is InChI=1S/C12H12BrN3O2/c13-9-2-5-11(16(17)18)12(8-9)15(7-1-6-14)10-3-4-10/h2,5,8,10H,1,3-4,7H2. The van der Waals surface area contributed by atoms with E-state index in [4.69, 9.17) is 5.26 Å². The van der Waals surface area contributed by atoms with E-state index in [-0.39, 0.29) is 10.6 Å². The van der Waals surface area contributed by atoms with Crippen LogP contribution in [0.3, 0.4) is 0 Å². The van der Waals surface area contributed by atoms with E-state index in [1.165, 1.54) is 6.07 Å². The van der Waals surface area contributed by atoms with Crippen molar-refractivity contribution in [1.82, 2.24) is 0 Å². The lowest BCUT2D eigenvalue weighted by atomic mass is 10.2. The Hall–Kier alpha value is -1.61. The monoisotopic (exact) mass is 309 g/mol. The van der Waals surface area contributed by atoms with Crippen molar-refractivity contribution in [2.75, 3.05) is 11.4 Å². The molecule has 0 unspecified atom stereocenters. The maximum Gasteiger partial charge on any atom is 0.292 e. The molecule has 0 atom stereocenters. The summed E-state index contributed by atoms with van der Waals surface area (Å²) in [5.74, 6) is 0. The lowest BCUT2D eigenvalue weighted by Gasteiger charge is -2.23. The molecule has 2 rings (SSSR count). The van der Waals surface area contributed by atoms with Gasteiger partial charge in [0.15, 0.2) is 0 Å². The molecule has 0 amide bonds. The molecular formula is C12H12BrN3O2. The van der Waals surface area contributed by atoms with E-state index >= 15 is 0 Å². The largest absolute Gasteiger partial charge is 0.362 e. The Morgan fingerprint density at radius 1 is 1.56 bits per heavy atom. The Kier molecular flexibility index (Phi) is 3.82. The molecule has 1 aromatic carbocycles. The number of anilines is 1. The summed E-state index contributed by atoms with van der Waals surface area (Å²) in [7, 11) is 0. The van der Waals surface area contributed by atoms with E-state index in [9.17, 15) is 10.1 Å². The van der Waals surface area contributed by atoms with Gasteiger partial charge in [-0.3, -0.25) is 10.1 Å². The van der Waals surface area contributed by atoms with Gasteiger partial charge in [-0.2, -0.15) is 5.26 Å². The highest BCUT2D eigenvalue weighted by Gasteiger charge is 2.32. The van der Waals surface area contributed by atoms with Crippen LogP contribution in [0.1, 0.15) is 19.3 Å². The van der Waals surface area contributed by atoms with Crippen molar-refractivity contribution in [3.63, 3.8) is 0 Å². The van der Waals surface area contributed by atoms with E-state index < -0.39 is 0 Å². The number of halogens is 1. The highest BCUT2D eigenvalue weighted by molar-refractivity contribution is 9.10. The summed E-state index contributed by atoms with van der Waals surface area (Å²) in [5.41, 5.74) is 0.704. The van der Waals surface area contributed by atoms with Gasteiger partial charge >= 0.3 is 0 Å². The molecule has 0 heterocycles. The summed E-state index contributed by atoms with van der Waals surface area (Å²) in [6, 6.07) is 7.35. The molecule has 0 bridgehead atoms. The molecule has 1 saturated carbocycles. The normalized spacial score (nSPS) is 14.0. The zero-order valence-corrected chi connectivity index (χ0v) is 11.3. The molecule has 1 aliphatic carbocycles. The van der Waals surface area contributed by atoms with Crippen LogP contribution in [-0.2, 0) is 0 Å². The van der Waals surface area contributed by atoms with E-state index in [0.717, 1.165) is 17.3 Å². The van der Waals surface area contributed by atoms with Gasteiger partial charge in [0.1, 0.15) is 5.69 Å². The van der Waals surface area contributed by atoms with Gasteiger partial charge in [0.05, 0.1) is 17.4 Å². The van der Waals surface area contributed by atoms with Gasteiger partial charge in [-0.15, -0.1) is 0 Å². The first kappa shape index (κ1) is 12.8. The van der Waals surface area contributed by atoms with Crippen molar-refractivity contribution in [3.05, 3.63) is 32.8 Å². The first-order chi connectivity index (χ1) is 8.63. The summed E-state index contributed by atoms with van der Waals surface area (Å²) in [6.07, 6.45) is 2.45. The van der Waals surface area contributed by atoms with Crippen molar-refractivity contribution in [3.8, 4) is 6.07 Å². The third-order valence-electron chi connectivity index (χ3n) is 2.90. The average Bonchev–Trinajstić information content (AvgIpc) is 3.13. The highest BCUT2D eigenvalue weighted by Crippen LogP contribution is 2.38. The Balaban J connectivity index is 2.36. The fraction of sp³-hybridized carbons (Fsp3) is 0.417. The first-order valence-electron chi connectivity index (χ1n) is 5.71. The fourth-order valence-electron chi connectivity index (χ4n) is 1.94. The van der Waals surface area contributed by atoms with Crippen molar-refractivity contribution < 1.29 is 4.92 Å². The summed E-state index contributed by atoms with van der Waals surface area (Å²) in [5, 5.41) is 19.7. The lowest BCUT2D eigenvalue weighted by molar-refractivity contribution is -0.384. The molecule has 1 aromatic rings. The minimum absolute atomic E-state index is 0.100. The van der Waals surface area contributed by atoms with Crippen molar-refractivity contribution in [2.24, 2.45) is 0 Å². The van der Waals surface area contributed by atoms with Crippen LogP contribution >= 0.6 is 15.9 Å². The molecule has 6 heteroatoms. The molecule has 18 heavy (non-hydrogen) atoms. The van der Waals surface area contributed by atoms with Crippen LogP contribution in [0.2, 0.25) is 0 Å². The average molecular weight is 310 g/mol. The Labute approximate surface area is 113 Å². The first-order valence-corrected chi connectivity index (χ1v) is 6.50. The third kappa shape index (κ3) is 2.79. The predicted octanol–water partition coefficient (Wildman–Crippen LogP) is 3.24. The maximum absolute atomic E-state index is 11.1. The topological polar surface area (TPSA) is 70.2 Å². The van der Waals surface area contributed by atoms with E-state index in [1.807, 2.05) is 4.90 Å². The molecule has 94 valence electrons. The quantitative estimate of drug-likeness (QED) is 0.618. The smallest absolute Gasteiger partial charge is 0.292 e. The van der Waals surface area contributed by atoms with E-state index in [1.54, 1.807) is 12.1 Å². The molecule has 1 aliphatic rings. The zero-order chi connectivity index (χ0) is 13.1. The summed E-state index contributed by atoms with van der Waals surface area (Å²) < 4.78 is 0.811.